The first-order valence-electron chi connectivity index (χ1n) is 5.25. The Kier molecular flexibility index (Phi) is 2.26. The van der Waals surface area contributed by atoms with Crippen molar-refractivity contribution >= 4 is 11.6 Å². The molecule has 0 aliphatic carbocycles. The van der Waals surface area contributed by atoms with Crippen LogP contribution in [0.25, 0.3) is 11.5 Å². The molecule has 0 radical (unpaired) electrons. The van der Waals surface area contributed by atoms with Crippen LogP contribution < -0.4 is 0 Å². The fraction of sp³-hybridized carbons (Fsp3) is 0.364. The molecule has 0 fully saturated rings. The van der Waals surface area contributed by atoms with Gasteiger partial charge < -0.3 is 14.1 Å². The fourth-order valence-electron chi connectivity index (χ4n) is 2.03. The van der Waals surface area contributed by atoms with E-state index in [0.717, 1.165) is 25.1 Å². The monoisotopic (exact) mass is 238 g/mol. The van der Waals surface area contributed by atoms with Crippen LogP contribution >= 0.6 is 11.6 Å². The van der Waals surface area contributed by atoms with E-state index >= 15 is 0 Å². The second-order valence-electron chi connectivity index (χ2n) is 3.94. The first kappa shape index (κ1) is 9.93. The van der Waals surface area contributed by atoms with Crippen LogP contribution in [0.2, 0.25) is 5.22 Å². The molecule has 0 saturated carbocycles. The Morgan fingerprint density at radius 2 is 2.38 bits per heavy atom. The molecule has 5 heteroatoms. The number of aryl methyl sites for hydroxylation is 1. The molecule has 1 atom stereocenters. The van der Waals surface area contributed by atoms with Crippen molar-refractivity contribution in [2.45, 2.75) is 25.5 Å². The topological polar surface area (TPSA) is 51.2 Å². The summed E-state index contributed by atoms with van der Waals surface area (Å²) in [5.74, 6) is 1.35. The van der Waals surface area contributed by atoms with E-state index in [1.807, 2.05) is 10.8 Å². The van der Waals surface area contributed by atoms with E-state index in [0.29, 0.717) is 16.8 Å². The number of furan rings is 1. The van der Waals surface area contributed by atoms with E-state index in [1.54, 1.807) is 12.1 Å². The summed E-state index contributed by atoms with van der Waals surface area (Å²) in [7, 11) is 0. The molecule has 1 unspecified atom stereocenters. The van der Waals surface area contributed by atoms with E-state index in [4.69, 9.17) is 16.0 Å². The zero-order chi connectivity index (χ0) is 11.1. The summed E-state index contributed by atoms with van der Waals surface area (Å²) < 4.78 is 7.26. The van der Waals surface area contributed by atoms with Gasteiger partial charge in [-0.3, -0.25) is 0 Å². The van der Waals surface area contributed by atoms with E-state index in [-0.39, 0.29) is 0 Å². The van der Waals surface area contributed by atoms with Gasteiger partial charge in [-0.15, -0.1) is 0 Å². The average molecular weight is 239 g/mol. The van der Waals surface area contributed by atoms with Crippen LogP contribution in [-0.2, 0) is 6.54 Å². The van der Waals surface area contributed by atoms with Crippen molar-refractivity contribution < 1.29 is 9.52 Å². The number of aliphatic hydroxyl groups is 1. The smallest absolute Gasteiger partial charge is 0.194 e. The predicted octanol–water partition coefficient (Wildman–Crippen LogP) is 2.62. The minimum Gasteiger partial charge on any atom is -0.443 e. The van der Waals surface area contributed by atoms with Crippen LogP contribution in [0.1, 0.15) is 24.8 Å². The van der Waals surface area contributed by atoms with E-state index in [1.165, 1.54) is 0 Å². The Hall–Kier alpha value is -1.26. The fourth-order valence-corrected chi connectivity index (χ4v) is 2.18. The third-order valence-corrected chi connectivity index (χ3v) is 3.01. The Labute approximate surface area is 97.5 Å². The molecule has 16 heavy (non-hydrogen) atoms. The number of nitrogens with zero attached hydrogens (tertiary/aromatic N) is 2. The summed E-state index contributed by atoms with van der Waals surface area (Å²) in [6, 6.07) is 3.47. The SMILES string of the molecule is OC1CCCn2cc(-c3ccc(Cl)o3)nc21. The molecule has 0 spiro atoms. The lowest BCUT2D eigenvalue weighted by molar-refractivity contribution is 0.134. The molecule has 3 heterocycles. The second kappa shape index (κ2) is 3.64. The summed E-state index contributed by atoms with van der Waals surface area (Å²) in [5.41, 5.74) is 0.725. The molecule has 0 bridgehead atoms. The average Bonchev–Trinajstić information content (AvgIpc) is 2.84. The number of rotatable bonds is 1. The van der Waals surface area contributed by atoms with Crippen molar-refractivity contribution in [1.29, 1.82) is 0 Å². The van der Waals surface area contributed by atoms with Crippen LogP contribution in [0.5, 0.6) is 0 Å². The van der Waals surface area contributed by atoms with Gasteiger partial charge in [0.2, 0.25) is 0 Å². The summed E-state index contributed by atoms with van der Waals surface area (Å²) in [6.07, 6.45) is 3.18. The maximum atomic E-state index is 9.79. The van der Waals surface area contributed by atoms with Crippen LogP contribution in [-0.4, -0.2) is 14.7 Å². The van der Waals surface area contributed by atoms with Gasteiger partial charge in [-0.1, -0.05) is 0 Å². The van der Waals surface area contributed by atoms with Crippen molar-refractivity contribution in [3.05, 3.63) is 29.4 Å². The van der Waals surface area contributed by atoms with Crippen LogP contribution in [0.15, 0.2) is 22.7 Å². The van der Waals surface area contributed by atoms with Gasteiger partial charge in [-0.05, 0) is 36.6 Å². The molecular formula is C11H11ClN2O2. The lowest BCUT2D eigenvalue weighted by Gasteiger charge is -2.18. The Balaban J connectivity index is 2.04. The first-order chi connectivity index (χ1) is 7.74. The molecule has 1 aliphatic heterocycles. The minimum atomic E-state index is -0.465. The molecule has 4 nitrogen and oxygen atoms in total. The van der Waals surface area contributed by atoms with Crippen LogP contribution in [0.4, 0.5) is 0 Å². The van der Waals surface area contributed by atoms with Gasteiger partial charge in [-0.25, -0.2) is 4.98 Å². The number of fused-ring (bicyclic) bond motifs is 1. The quantitative estimate of drug-likeness (QED) is 0.831. The number of imidazole rings is 1. The third kappa shape index (κ3) is 1.54. The van der Waals surface area contributed by atoms with Crippen molar-refractivity contribution in [1.82, 2.24) is 9.55 Å². The maximum Gasteiger partial charge on any atom is 0.194 e. The largest absolute Gasteiger partial charge is 0.443 e. The Bertz CT molecular complexity index is 518. The van der Waals surface area contributed by atoms with Gasteiger partial charge in [0.05, 0.1) is 0 Å². The highest BCUT2D eigenvalue weighted by Gasteiger charge is 2.21. The highest BCUT2D eigenvalue weighted by molar-refractivity contribution is 6.28. The molecule has 2 aromatic rings. The molecule has 0 saturated heterocycles. The Morgan fingerprint density at radius 1 is 1.50 bits per heavy atom. The van der Waals surface area contributed by atoms with E-state index in [9.17, 15) is 5.11 Å². The summed E-state index contributed by atoms with van der Waals surface area (Å²) in [6.45, 7) is 0.897. The van der Waals surface area contributed by atoms with Crippen molar-refractivity contribution in [2.75, 3.05) is 0 Å². The zero-order valence-corrected chi connectivity index (χ0v) is 9.31. The number of aliphatic hydroxyl groups excluding tert-OH is 1. The molecule has 3 rings (SSSR count). The first-order valence-corrected chi connectivity index (χ1v) is 5.62. The summed E-state index contributed by atoms with van der Waals surface area (Å²) in [5, 5.41) is 10.1. The maximum absolute atomic E-state index is 9.79. The van der Waals surface area contributed by atoms with Crippen molar-refractivity contribution in [2.24, 2.45) is 0 Å². The van der Waals surface area contributed by atoms with Crippen molar-refractivity contribution in [3.8, 4) is 11.5 Å². The van der Waals surface area contributed by atoms with Crippen LogP contribution in [0, 0.1) is 0 Å². The molecule has 0 amide bonds. The summed E-state index contributed by atoms with van der Waals surface area (Å²) in [4.78, 5) is 4.38. The predicted molar refractivity (Wildman–Crippen MR) is 59.1 cm³/mol. The van der Waals surface area contributed by atoms with Gasteiger partial charge in [0, 0.05) is 12.7 Å². The number of hydrogen-bond donors (Lipinski definition) is 1. The number of halogens is 1. The van der Waals surface area contributed by atoms with Gasteiger partial charge in [0.25, 0.3) is 0 Å². The van der Waals surface area contributed by atoms with Gasteiger partial charge >= 0.3 is 0 Å². The van der Waals surface area contributed by atoms with E-state index in [2.05, 4.69) is 4.98 Å². The highest BCUT2D eigenvalue weighted by atomic mass is 35.5. The standard InChI is InChI=1S/C11H11ClN2O2/c12-10-4-3-9(16-10)7-6-14-5-1-2-8(15)11(14)13-7/h3-4,6,8,15H,1-2,5H2. The minimum absolute atomic E-state index is 0.349. The molecule has 1 aliphatic rings. The molecule has 0 aromatic carbocycles. The second-order valence-corrected chi connectivity index (χ2v) is 4.31. The number of hydrogen-bond acceptors (Lipinski definition) is 3. The van der Waals surface area contributed by atoms with Gasteiger partial charge in [0.1, 0.15) is 17.6 Å². The Morgan fingerprint density at radius 3 is 3.06 bits per heavy atom. The lowest BCUT2D eigenvalue weighted by Crippen LogP contribution is -2.14. The number of aromatic nitrogens is 2. The van der Waals surface area contributed by atoms with Crippen LogP contribution in [0.3, 0.4) is 0 Å². The molecule has 2 aromatic heterocycles. The molecule has 1 N–H and O–H groups in total. The molecular weight excluding hydrogens is 228 g/mol. The van der Waals surface area contributed by atoms with Gasteiger partial charge in [-0.2, -0.15) is 0 Å². The van der Waals surface area contributed by atoms with E-state index < -0.39 is 6.10 Å². The normalized spacial score (nSPS) is 19.8. The third-order valence-electron chi connectivity index (χ3n) is 2.81. The van der Waals surface area contributed by atoms with Crippen molar-refractivity contribution in [3.63, 3.8) is 0 Å². The zero-order valence-electron chi connectivity index (χ0n) is 8.56. The summed E-state index contributed by atoms with van der Waals surface area (Å²) >= 11 is 5.72. The lowest BCUT2D eigenvalue weighted by atomic mass is 10.1. The highest BCUT2D eigenvalue weighted by Crippen LogP contribution is 2.29. The molecule has 84 valence electrons. The van der Waals surface area contributed by atoms with Gasteiger partial charge in [0.15, 0.2) is 11.0 Å².